The number of allylic oxidation sites excluding steroid dienone is 2. The number of halogens is 4. The number of anilines is 1. The predicted octanol–water partition coefficient (Wildman–Crippen LogP) is 6.43. The topological polar surface area (TPSA) is 171 Å². The van der Waals surface area contributed by atoms with Gasteiger partial charge in [0.1, 0.15) is 6.10 Å². The van der Waals surface area contributed by atoms with Crippen LogP contribution in [0.2, 0.25) is 0 Å². The molecule has 7 atom stereocenters. The fourth-order valence-electron chi connectivity index (χ4n) is 9.31. The van der Waals surface area contributed by atoms with Gasteiger partial charge >= 0.3 is 12.1 Å². The predicted molar refractivity (Wildman–Crippen MR) is 226 cm³/mol. The fourth-order valence-corrected chi connectivity index (χ4v) is 10.6. The van der Waals surface area contributed by atoms with E-state index in [4.69, 9.17) is 18.9 Å². The summed E-state index contributed by atoms with van der Waals surface area (Å²) in [5, 5.41) is 0.845. The van der Waals surface area contributed by atoms with Crippen molar-refractivity contribution < 1.29 is 64.1 Å². The summed E-state index contributed by atoms with van der Waals surface area (Å²) in [5.74, 6) is -6.29. The van der Waals surface area contributed by atoms with Crippen LogP contribution in [0.3, 0.4) is 0 Å². The van der Waals surface area contributed by atoms with Crippen molar-refractivity contribution >= 4 is 50.1 Å². The molecular weight excluding hydrogens is 865 g/mol. The van der Waals surface area contributed by atoms with Gasteiger partial charge in [0.25, 0.3) is 0 Å². The van der Waals surface area contributed by atoms with E-state index in [0.717, 1.165) is 13.8 Å². The van der Waals surface area contributed by atoms with Crippen LogP contribution < -0.4 is 19.1 Å². The summed E-state index contributed by atoms with van der Waals surface area (Å²) < 4.78 is 107. The standard InChI is InChI=1S/C45H58F4N4O10S/c1-26-9-7-8-10-28-22-44(28,41(57)51-64(58,59)43(5)11-12-43)23-36(54)34-18-29(25-53(34)40(56)30(27(2)17-26)21-38(55)63-42(3,4)45(47,48)49)62-39-32-19-33(46)37(60-6)20-31(32)35(24-50-39)52-13-15-61-16-14-52/h8,10,19-20,24,26-30,34H,7,9,11-18,21-23,25H2,1-6H3,(H,51,57)/b10-8-/t26-,27-,28-,29-,30+,34+,44-/m1/s1. The summed E-state index contributed by atoms with van der Waals surface area (Å²) in [6, 6.07) is 1.51. The molecule has 2 amide bonds. The van der Waals surface area contributed by atoms with E-state index in [9.17, 15) is 36.0 Å². The minimum absolute atomic E-state index is 0.0000700. The third-order valence-electron chi connectivity index (χ3n) is 14.0. The molecule has 1 N–H and O–H groups in total. The van der Waals surface area contributed by atoms with Crippen molar-refractivity contribution in [1.29, 1.82) is 0 Å². The molecule has 2 saturated carbocycles. The maximum Gasteiger partial charge on any atom is 0.427 e. The van der Waals surface area contributed by atoms with Crippen LogP contribution in [-0.4, -0.2) is 110 Å². The highest BCUT2D eigenvalue weighted by Gasteiger charge is 2.63. The van der Waals surface area contributed by atoms with Crippen LogP contribution in [0.25, 0.3) is 10.8 Å². The molecule has 7 rings (SSSR count). The Morgan fingerprint density at radius 2 is 1.77 bits per heavy atom. The zero-order chi connectivity index (χ0) is 46.6. The number of amides is 2. The highest BCUT2D eigenvalue weighted by atomic mass is 32.2. The lowest BCUT2D eigenvalue weighted by Gasteiger charge is -2.33. The number of methoxy groups -OCH3 is 1. The second-order valence-electron chi connectivity index (χ2n) is 19.2. The first-order valence-electron chi connectivity index (χ1n) is 22.0. The van der Waals surface area contributed by atoms with E-state index in [1.54, 1.807) is 20.0 Å². The number of morpholine rings is 1. The van der Waals surface area contributed by atoms with Gasteiger partial charge in [-0.3, -0.25) is 23.9 Å². The molecule has 1 aromatic carbocycles. The van der Waals surface area contributed by atoms with Crippen LogP contribution in [0.5, 0.6) is 11.6 Å². The van der Waals surface area contributed by atoms with E-state index in [2.05, 4.69) is 9.71 Å². The monoisotopic (exact) mass is 922 g/mol. The number of nitrogens with one attached hydrogen (secondary N) is 1. The number of esters is 1. The average Bonchev–Trinajstić information content (AvgIpc) is 4.11. The Morgan fingerprint density at radius 1 is 1.06 bits per heavy atom. The summed E-state index contributed by atoms with van der Waals surface area (Å²) in [6.45, 7) is 8.46. The molecule has 3 aliphatic heterocycles. The first kappa shape index (κ1) is 47.4. The number of carbonyl (C=O) groups excluding carboxylic acids is 4. The van der Waals surface area contributed by atoms with Crippen LogP contribution >= 0.6 is 0 Å². The summed E-state index contributed by atoms with van der Waals surface area (Å²) in [6.07, 6.45) is 0.731. The minimum Gasteiger partial charge on any atom is -0.494 e. The quantitative estimate of drug-likeness (QED) is 0.158. The number of hydrogen-bond acceptors (Lipinski definition) is 12. The third kappa shape index (κ3) is 9.56. The van der Waals surface area contributed by atoms with Crippen molar-refractivity contribution in [3.63, 3.8) is 0 Å². The smallest absolute Gasteiger partial charge is 0.427 e. The number of nitrogens with zero attached hydrogens (tertiary/aromatic N) is 3. The van der Waals surface area contributed by atoms with Crippen molar-refractivity contribution in [1.82, 2.24) is 14.6 Å². The summed E-state index contributed by atoms with van der Waals surface area (Å²) in [5.41, 5.74) is -3.61. The SMILES string of the molecule is COc1cc2c(N3CCOCC3)cnc(O[C@@H]3C[C@H]4C(=O)C[C@]5(C(=O)NS(=O)(=O)C6(C)CC6)C[C@H]5/C=C\CC[C@@H](C)C[C@@H](C)[C@H](CC(=O)OC(C)(C)C(F)(F)F)C(=O)N4C3)c2cc1F. The largest absolute Gasteiger partial charge is 0.494 e. The molecule has 4 heterocycles. The van der Waals surface area contributed by atoms with Crippen LogP contribution in [-0.2, 0) is 38.7 Å². The van der Waals surface area contributed by atoms with E-state index in [-0.39, 0.29) is 42.3 Å². The molecule has 2 aliphatic carbocycles. The number of ketones is 1. The molecule has 4 fully saturated rings. The Bertz CT molecular complexity index is 2300. The molecule has 352 valence electrons. The first-order valence-corrected chi connectivity index (χ1v) is 23.5. The maximum absolute atomic E-state index is 15.4. The van der Waals surface area contributed by atoms with Crippen molar-refractivity contribution in [2.24, 2.45) is 29.1 Å². The molecule has 0 radical (unpaired) electrons. The molecule has 2 saturated heterocycles. The highest BCUT2D eigenvalue weighted by Crippen LogP contribution is 2.58. The van der Waals surface area contributed by atoms with Crippen molar-refractivity contribution in [3.8, 4) is 11.6 Å². The number of hydrogen-bond donors (Lipinski definition) is 1. The number of ether oxygens (including phenoxy) is 4. The third-order valence-corrected chi connectivity index (χ3v) is 16.1. The van der Waals surface area contributed by atoms with Gasteiger partial charge in [-0.2, -0.15) is 13.2 Å². The Balaban J connectivity index is 1.25. The number of alkyl halides is 3. The second kappa shape index (κ2) is 17.7. The molecule has 14 nitrogen and oxygen atoms in total. The van der Waals surface area contributed by atoms with E-state index in [0.29, 0.717) is 69.5 Å². The zero-order valence-electron chi connectivity index (χ0n) is 37.1. The number of fused-ring (bicyclic) bond motifs is 3. The Kier molecular flexibility index (Phi) is 13.1. The Labute approximate surface area is 370 Å². The van der Waals surface area contributed by atoms with Gasteiger partial charge in [0.2, 0.25) is 33.3 Å². The van der Waals surface area contributed by atoms with Gasteiger partial charge in [0, 0.05) is 36.7 Å². The van der Waals surface area contributed by atoms with Gasteiger partial charge in [-0.05, 0) is 89.2 Å². The van der Waals surface area contributed by atoms with Crippen LogP contribution in [0.15, 0.2) is 30.5 Å². The number of pyridine rings is 1. The van der Waals surface area contributed by atoms with Gasteiger partial charge < -0.3 is 28.7 Å². The summed E-state index contributed by atoms with van der Waals surface area (Å²) in [4.78, 5) is 65.1. The Morgan fingerprint density at radius 3 is 2.42 bits per heavy atom. The highest BCUT2D eigenvalue weighted by molar-refractivity contribution is 7.91. The second-order valence-corrected chi connectivity index (χ2v) is 21.4. The van der Waals surface area contributed by atoms with Crippen molar-refractivity contribution in [2.75, 3.05) is 44.9 Å². The number of benzene rings is 1. The lowest BCUT2D eigenvalue weighted by molar-refractivity contribution is -0.257. The number of rotatable bonds is 10. The lowest BCUT2D eigenvalue weighted by Crippen LogP contribution is -2.48. The first-order chi connectivity index (χ1) is 30.0. The summed E-state index contributed by atoms with van der Waals surface area (Å²) in [7, 11) is -2.73. The average molecular weight is 923 g/mol. The van der Waals surface area contributed by atoms with Gasteiger partial charge in [-0.1, -0.05) is 26.0 Å². The number of Topliss-reactive ketones (excluding diaryl/α,β-unsaturated/α-hetero) is 1. The van der Waals surface area contributed by atoms with E-state index in [1.165, 1.54) is 24.1 Å². The van der Waals surface area contributed by atoms with Crippen molar-refractivity contribution in [2.45, 2.75) is 121 Å². The van der Waals surface area contributed by atoms with Crippen LogP contribution in [0, 0.1) is 34.9 Å². The maximum atomic E-state index is 15.4. The van der Waals surface area contributed by atoms with Crippen molar-refractivity contribution in [3.05, 3.63) is 36.3 Å². The molecule has 0 bridgehead atoms. The molecule has 1 aromatic heterocycles. The number of sulfonamides is 1. The van der Waals surface area contributed by atoms with Gasteiger partial charge in [-0.15, -0.1) is 0 Å². The number of aromatic nitrogens is 1. The molecule has 64 heavy (non-hydrogen) atoms. The van der Waals surface area contributed by atoms with Gasteiger partial charge in [0.05, 0.1) is 67.3 Å². The molecule has 19 heteroatoms. The molecule has 0 unspecified atom stereocenters. The van der Waals surface area contributed by atoms with Gasteiger partial charge in [0.15, 0.2) is 17.3 Å². The minimum atomic E-state index is -4.90. The fraction of sp³-hybridized carbons (Fsp3) is 0.667. The number of carbonyl (C=O) groups is 4. The Hall–Kier alpha value is -4.52. The summed E-state index contributed by atoms with van der Waals surface area (Å²) >= 11 is 0. The van der Waals surface area contributed by atoms with E-state index in [1.807, 2.05) is 24.0 Å². The molecule has 0 spiro atoms. The van der Waals surface area contributed by atoms with E-state index >= 15 is 9.18 Å². The molecule has 5 aliphatic rings. The van der Waals surface area contributed by atoms with Crippen LogP contribution in [0.4, 0.5) is 23.2 Å². The lowest BCUT2D eigenvalue weighted by atomic mass is 9.82. The zero-order valence-corrected chi connectivity index (χ0v) is 37.9. The van der Waals surface area contributed by atoms with Crippen LogP contribution in [0.1, 0.15) is 92.4 Å². The molecule has 2 aromatic rings. The van der Waals surface area contributed by atoms with Gasteiger partial charge in [-0.25, -0.2) is 17.8 Å². The normalized spacial score (nSPS) is 29.5. The molecular formula is C45H58F4N4O10S. The van der Waals surface area contributed by atoms with E-state index < -0.39 is 104 Å².